The van der Waals surface area contributed by atoms with Crippen LogP contribution in [-0.2, 0) is 12.2 Å². The summed E-state index contributed by atoms with van der Waals surface area (Å²) in [6.07, 6.45) is 0.868. The molecule has 15 heavy (non-hydrogen) atoms. The summed E-state index contributed by atoms with van der Waals surface area (Å²) in [6.45, 7) is 6.38. The maximum absolute atomic E-state index is 5.80. The van der Waals surface area contributed by atoms with Crippen molar-refractivity contribution in [3.05, 3.63) is 16.0 Å². The van der Waals surface area contributed by atoms with E-state index >= 15 is 0 Å². The van der Waals surface area contributed by atoms with Crippen molar-refractivity contribution in [1.29, 1.82) is 0 Å². The van der Waals surface area contributed by atoms with Gasteiger partial charge in [-0.05, 0) is 27.6 Å². The minimum atomic E-state index is 0.543. The Hall–Kier alpha value is -0.290. The normalized spacial score (nSPS) is 11.0. The topological polar surface area (TPSA) is 51.8 Å². The molecule has 3 nitrogen and oxygen atoms in total. The summed E-state index contributed by atoms with van der Waals surface area (Å²) >= 11 is 5.22. The standard InChI is InChI=1S/C10H16BrN3S/c1-4-7-9(11)10(12)14-8(13-7)5-15-6(2)3/h6H,4-5H2,1-3H3,(H2,12,13,14). The molecule has 84 valence electrons. The number of hydrogen-bond donors (Lipinski definition) is 1. The first kappa shape index (κ1) is 12.8. The van der Waals surface area contributed by atoms with E-state index in [1.54, 1.807) is 0 Å². The zero-order chi connectivity index (χ0) is 11.4. The van der Waals surface area contributed by atoms with Crippen LogP contribution in [0.2, 0.25) is 0 Å². The van der Waals surface area contributed by atoms with E-state index in [0.29, 0.717) is 11.1 Å². The van der Waals surface area contributed by atoms with Gasteiger partial charge in [-0.15, -0.1) is 0 Å². The fourth-order valence-electron chi connectivity index (χ4n) is 1.11. The van der Waals surface area contributed by atoms with Gasteiger partial charge < -0.3 is 5.73 Å². The van der Waals surface area contributed by atoms with Gasteiger partial charge in [0.15, 0.2) is 0 Å². The van der Waals surface area contributed by atoms with Gasteiger partial charge in [-0.3, -0.25) is 0 Å². The van der Waals surface area contributed by atoms with Crippen molar-refractivity contribution in [2.24, 2.45) is 0 Å². The molecule has 0 spiro atoms. The maximum Gasteiger partial charge on any atom is 0.141 e. The van der Waals surface area contributed by atoms with Crippen LogP contribution in [0.4, 0.5) is 5.82 Å². The molecule has 1 rings (SSSR count). The molecular formula is C10H16BrN3S. The third-order valence-corrected chi connectivity index (χ3v) is 3.83. The van der Waals surface area contributed by atoms with E-state index in [-0.39, 0.29) is 0 Å². The molecule has 0 fully saturated rings. The molecule has 0 amide bonds. The summed E-state index contributed by atoms with van der Waals surface area (Å²) in [5, 5.41) is 0.587. The highest BCUT2D eigenvalue weighted by Crippen LogP contribution is 2.23. The van der Waals surface area contributed by atoms with E-state index in [2.05, 4.69) is 46.7 Å². The number of aryl methyl sites for hydroxylation is 1. The molecule has 0 bridgehead atoms. The van der Waals surface area contributed by atoms with Crippen LogP contribution in [0.3, 0.4) is 0 Å². The Bertz CT molecular complexity index is 342. The highest BCUT2D eigenvalue weighted by Gasteiger charge is 2.08. The SMILES string of the molecule is CCc1nc(CSC(C)C)nc(N)c1Br. The van der Waals surface area contributed by atoms with Gasteiger partial charge in [-0.25, -0.2) is 9.97 Å². The van der Waals surface area contributed by atoms with Crippen molar-refractivity contribution in [3.8, 4) is 0 Å². The summed E-state index contributed by atoms with van der Waals surface area (Å²) in [5.41, 5.74) is 6.78. The van der Waals surface area contributed by atoms with Gasteiger partial charge in [0.25, 0.3) is 0 Å². The van der Waals surface area contributed by atoms with Crippen LogP contribution in [-0.4, -0.2) is 15.2 Å². The molecule has 1 heterocycles. The maximum atomic E-state index is 5.80. The molecule has 2 N–H and O–H groups in total. The molecule has 0 radical (unpaired) electrons. The Kier molecular flexibility index (Phi) is 4.86. The van der Waals surface area contributed by atoms with Crippen LogP contribution in [0.1, 0.15) is 32.3 Å². The second-order valence-electron chi connectivity index (χ2n) is 3.50. The zero-order valence-electron chi connectivity index (χ0n) is 9.25. The Morgan fingerprint density at radius 1 is 1.40 bits per heavy atom. The monoisotopic (exact) mass is 289 g/mol. The number of nitrogen functional groups attached to an aromatic ring is 1. The summed E-state index contributed by atoms with van der Waals surface area (Å²) in [5.74, 6) is 2.19. The van der Waals surface area contributed by atoms with Crippen molar-refractivity contribution in [2.75, 3.05) is 5.73 Å². The number of nitrogens with two attached hydrogens (primary N) is 1. The third-order valence-electron chi connectivity index (χ3n) is 1.87. The largest absolute Gasteiger partial charge is 0.383 e. The Morgan fingerprint density at radius 2 is 2.07 bits per heavy atom. The molecule has 0 aliphatic heterocycles. The summed E-state index contributed by atoms with van der Waals surface area (Å²) in [7, 11) is 0. The molecule has 0 atom stereocenters. The fourth-order valence-corrected chi connectivity index (χ4v) is 2.18. The molecule has 5 heteroatoms. The Morgan fingerprint density at radius 3 is 2.60 bits per heavy atom. The minimum Gasteiger partial charge on any atom is -0.383 e. The zero-order valence-corrected chi connectivity index (χ0v) is 11.7. The number of aromatic nitrogens is 2. The van der Waals surface area contributed by atoms with Crippen LogP contribution in [0, 0.1) is 0 Å². The van der Waals surface area contributed by atoms with Crippen LogP contribution in [0.25, 0.3) is 0 Å². The molecule has 1 aromatic heterocycles. The van der Waals surface area contributed by atoms with E-state index in [1.807, 2.05) is 11.8 Å². The number of anilines is 1. The van der Waals surface area contributed by atoms with E-state index in [4.69, 9.17) is 5.73 Å². The number of thioether (sulfide) groups is 1. The van der Waals surface area contributed by atoms with Crippen LogP contribution in [0.15, 0.2) is 4.47 Å². The smallest absolute Gasteiger partial charge is 0.141 e. The third kappa shape index (κ3) is 3.65. The van der Waals surface area contributed by atoms with E-state index in [1.165, 1.54) is 0 Å². The average Bonchev–Trinajstić information content (AvgIpc) is 2.19. The van der Waals surface area contributed by atoms with Crippen LogP contribution < -0.4 is 5.73 Å². The second kappa shape index (κ2) is 5.70. The highest BCUT2D eigenvalue weighted by atomic mass is 79.9. The number of rotatable bonds is 4. The van der Waals surface area contributed by atoms with Crippen LogP contribution in [0.5, 0.6) is 0 Å². The van der Waals surface area contributed by atoms with Gasteiger partial charge in [0.05, 0.1) is 15.9 Å². The summed E-state index contributed by atoms with van der Waals surface area (Å²) < 4.78 is 0.836. The molecule has 0 aliphatic rings. The predicted octanol–water partition coefficient (Wildman–Crippen LogP) is 3.03. The Labute approximate surface area is 103 Å². The Balaban J connectivity index is 2.86. The van der Waals surface area contributed by atoms with Crippen molar-refractivity contribution in [3.63, 3.8) is 0 Å². The summed E-state index contributed by atoms with van der Waals surface area (Å²) in [4.78, 5) is 8.72. The number of halogens is 1. The molecule has 0 aliphatic carbocycles. The van der Waals surface area contributed by atoms with Gasteiger partial charge in [-0.2, -0.15) is 11.8 Å². The second-order valence-corrected chi connectivity index (χ2v) is 5.86. The lowest BCUT2D eigenvalue weighted by atomic mass is 10.3. The average molecular weight is 290 g/mol. The quantitative estimate of drug-likeness (QED) is 0.926. The molecule has 0 unspecified atom stereocenters. The van der Waals surface area contributed by atoms with Gasteiger partial charge in [-0.1, -0.05) is 20.8 Å². The first-order chi connectivity index (χ1) is 7.04. The fraction of sp³-hybridized carbons (Fsp3) is 0.600. The van der Waals surface area contributed by atoms with Gasteiger partial charge in [0.1, 0.15) is 11.6 Å². The van der Waals surface area contributed by atoms with E-state index in [9.17, 15) is 0 Å². The van der Waals surface area contributed by atoms with Crippen molar-refractivity contribution in [1.82, 2.24) is 9.97 Å². The molecule has 0 saturated carbocycles. The summed E-state index contributed by atoms with van der Waals surface area (Å²) in [6, 6.07) is 0. The molecule has 0 saturated heterocycles. The number of nitrogens with zero attached hydrogens (tertiary/aromatic N) is 2. The van der Waals surface area contributed by atoms with E-state index < -0.39 is 0 Å². The molecular weight excluding hydrogens is 274 g/mol. The lowest BCUT2D eigenvalue weighted by Gasteiger charge is -2.08. The lowest BCUT2D eigenvalue weighted by molar-refractivity contribution is 0.931. The first-order valence-corrected chi connectivity index (χ1v) is 6.81. The predicted molar refractivity (Wildman–Crippen MR) is 70.0 cm³/mol. The van der Waals surface area contributed by atoms with Gasteiger partial charge in [0, 0.05) is 0 Å². The minimum absolute atomic E-state index is 0.543. The van der Waals surface area contributed by atoms with Gasteiger partial charge >= 0.3 is 0 Å². The van der Waals surface area contributed by atoms with Crippen molar-refractivity contribution in [2.45, 2.75) is 38.2 Å². The lowest BCUT2D eigenvalue weighted by Crippen LogP contribution is -2.04. The van der Waals surface area contributed by atoms with Gasteiger partial charge in [0.2, 0.25) is 0 Å². The van der Waals surface area contributed by atoms with Crippen LogP contribution >= 0.6 is 27.7 Å². The van der Waals surface area contributed by atoms with E-state index in [0.717, 1.165) is 28.2 Å². The number of hydrogen-bond acceptors (Lipinski definition) is 4. The van der Waals surface area contributed by atoms with Crippen molar-refractivity contribution < 1.29 is 0 Å². The molecule has 0 aromatic carbocycles. The first-order valence-electron chi connectivity index (χ1n) is 4.97. The highest BCUT2D eigenvalue weighted by molar-refractivity contribution is 9.10. The van der Waals surface area contributed by atoms with Crippen molar-refractivity contribution >= 4 is 33.5 Å². The molecule has 1 aromatic rings.